The molecule has 1 unspecified atom stereocenters. The molecule has 0 spiro atoms. The van der Waals surface area contributed by atoms with Gasteiger partial charge in [0, 0.05) is 34.6 Å². The van der Waals surface area contributed by atoms with E-state index in [0.29, 0.717) is 22.6 Å². The average molecular weight is 411 g/mol. The van der Waals surface area contributed by atoms with Crippen LogP contribution >= 0.6 is 0 Å². The summed E-state index contributed by atoms with van der Waals surface area (Å²) in [6.45, 7) is 0.0718. The molecule has 3 aromatic rings. The van der Waals surface area contributed by atoms with Gasteiger partial charge in [0.25, 0.3) is 5.91 Å². The first-order valence-corrected chi connectivity index (χ1v) is 9.16. The molecular formula is C22H19F2N3O3. The van der Waals surface area contributed by atoms with E-state index in [-0.39, 0.29) is 23.5 Å². The molecule has 0 fully saturated rings. The van der Waals surface area contributed by atoms with E-state index in [1.165, 1.54) is 43.5 Å². The molecule has 1 aromatic heterocycles. The van der Waals surface area contributed by atoms with E-state index < -0.39 is 23.6 Å². The summed E-state index contributed by atoms with van der Waals surface area (Å²) in [5.74, 6) is -1.37. The normalized spacial score (nSPS) is 15.3. The Balaban J connectivity index is 1.85. The van der Waals surface area contributed by atoms with Gasteiger partial charge in [0.15, 0.2) is 11.6 Å². The number of nitrogen functional groups attached to an aromatic ring is 1. The summed E-state index contributed by atoms with van der Waals surface area (Å²) in [6.07, 6.45) is 1.42. The van der Waals surface area contributed by atoms with E-state index in [0.717, 1.165) is 6.07 Å². The first-order chi connectivity index (χ1) is 14.5. The van der Waals surface area contributed by atoms with Gasteiger partial charge in [-0.25, -0.2) is 8.78 Å². The van der Waals surface area contributed by atoms with Crippen LogP contribution in [0.5, 0.6) is 11.5 Å². The number of fused-ring (bicyclic) bond motifs is 1. The number of pyridine rings is 1. The lowest BCUT2D eigenvalue weighted by atomic mass is 9.97. The summed E-state index contributed by atoms with van der Waals surface area (Å²) >= 11 is 0. The predicted molar refractivity (Wildman–Crippen MR) is 106 cm³/mol. The molecule has 2 N–H and O–H groups in total. The Bertz CT molecular complexity index is 1140. The average Bonchev–Trinajstić information content (AvgIpc) is 3.03. The second kappa shape index (κ2) is 7.62. The van der Waals surface area contributed by atoms with Crippen LogP contribution in [0.4, 0.5) is 14.5 Å². The van der Waals surface area contributed by atoms with Gasteiger partial charge in [0.05, 0.1) is 26.8 Å². The molecule has 0 aliphatic carbocycles. The van der Waals surface area contributed by atoms with Crippen molar-refractivity contribution in [2.24, 2.45) is 0 Å². The molecule has 2 aromatic carbocycles. The fraction of sp³-hybridized carbons (Fsp3) is 0.182. The van der Waals surface area contributed by atoms with Gasteiger partial charge < -0.3 is 20.1 Å². The van der Waals surface area contributed by atoms with E-state index in [1.54, 1.807) is 18.2 Å². The molecule has 8 heteroatoms. The Labute approximate surface area is 171 Å². The number of carbonyl (C=O) groups is 1. The van der Waals surface area contributed by atoms with Gasteiger partial charge in [-0.15, -0.1) is 0 Å². The number of anilines is 1. The molecule has 4 rings (SSSR count). The first kappa shape index (κ1) is 19.6. The van der Waals surface area contributed by atoms with Crippen LogP contribution in [0.15, 0.2) is 48.7 Å². The fourth-order valence-corrected chi connectivity index (χ4v) is 3.74. The zero-order valence-electron chi connectivity index (χ0n) is 16.4. The molecule has 1 aliphatic heterocycles. The van der Waals surface area contributed by atoms with Crippen molar-refractivity contribution in [1.82, 2.24) is 9.88 Å². The number of rotatable bonds is 5. The molecule has 0 saturated carbocycles. The number of hydrogen-bond donors (Lipinski definition) is 1. The number of carbonyl (C=O) groups excluding carboxylic acids is 1. The molecule has 1 atom stereocenters. The highest BCUT2D eigenvalue weighted by atomic mass is 19.2. The number of amides is 1. The van der Waals surface area contributed by atoms with Gasteiger partial charge >= 0.3 is 0 Å². The van der Waals surface area contributed by atoms with Gasteiger partial charge in [-0.2, -0.15) is 0 Å². The van der Waals surface area contributed by atoms with Crippen molar-refractivity contribution in [3.8, 4) is 11.5 Å². The molecule has 0 radical (unpaired) electrons. The van der Waals surface area contributed by atoms with Crippen molar-refractivity contribution in [2.45, 2.75) is 12.6 Å². The highest BCUT2D eigenvalue weighted by Gasteiger charge is 2.42. The Morgan fingerprint density at radius 2 is 1.93 bits per heavy atom. The van der Waals surface area contributed by atoms with Crippen LogP contribution in [0.2, 0.25) is 0 Å². The Morgan fingerprint density at radius 1 is 1.13 bits per heavy atom. The number of benzene rings is 2. The third-order valence-electron chi connectivity index (χ3n) is 5.18. The topological polar surface area (TPSA) is 77.7 Å². The van der Waals surface area contributed by atoms with Crippen LogP contribution in [-0.2, 0) is 6.54 Å². The number of nitrogens with zero attached hydrogens (tertiary/aromatic N) is 2. The van der Waals surface area contributed by atoms with Crippen LogP contribution in [0.25, 0.3) is 0 Å². The van der Waals surface area contributed by atoms with Crippen molar-refractivity contribution in [1.29, 1.82) is 0 Å². The Morgan fingerprint density at radius 3 is 2.67 bits per heavy atom. The third-order valence-corrected chi connectivity index (χ3v) is 5.18. The molecule has 1 amide bonds. The lowest BCUT2D eigenvalue weighted by Crippen LogP contribution is -2.29. The van der Waals surface area contributed by atoms with Crippen LogP contribution in [0, 0.1) is 11.6 Å². The van der Waals surface area contributed by atoms with Crippen molar-refractivity contribution >= 4 is 11.6 Å². The molecule has 0 saturated heterocycles. The highest BCUT2D eigenvalue weighted by molar-refractivity contribution is 5.99. The first-order valence-electron chi connectivity index (χ1n) is 9.16. The minimum atomic E-state index is -1.03. The SMILES string of the molecule is COc1ccc(CN2C(=O)c3nccc(N)c3C2c2cccc(F)c2F)c(OC)c1. The number of aromatic nitrogens is 1. The summed E-state index contributed by atoms with van der Waals surface area (Å²) in [6, 6.07) is 9.65. The quantitative estimate of drug-likeness (QED) is 0.693. The number of hydrogen-bond acceptors (Lipinski definition) is 5. The monoisotopic (exact) mass is 411 g/mol. The van der Waals surface area contributed by atoms with E-state index >= 15 is 0 Å². The Hall–Kier alpha value is -3.68. The summed E-state index contributed by atoms with van der Waals surface area (Å²) in [5.41, 5.74) is 7.56. The molecule has 0 bridgehead atoms. The number of methoxy groups -OCH3 is 2. The summed E-state index contributed by atoms with van der Waals surface area (Å²) < 4.78 is 39.4. The Kier molecular flexibility index (Phi) is 4.99. The van der Waals surface area contributed by atoms with Crippen LogP contribution in [0.1, 0.15) is 33.2 Å². The van der Waals surface area contributed by atoms with Crippen molar-refractivity contribution in [3.63, 3.8) is 0 Å². The van der Waals surface area contributed by atoms with Crippen molar-refractivity contribution in [3.05, 3.63) is 82.7 Å². The number of halogens is 2. The number of ether oxygens (including phenoxy) is 2. The van der Waals surface area contributed by atoms with Crippen LogP contribution < -0.4 is 15.2 Å². The molecule has 30 heavy (non-hydrogen) atoms. The number of nitrogens with two attached hydrogens (primary N) is 1. The van der Waals surface area contributed by atoms with Crippen molar-refractivity contribution < 1.29 is 23.0 Å². The van der Waals surface area contributed by atoms with Crippen LogP contribution in [0.3, 0.4) is 0 Å². The smallest absolute Gasteiger partial charge is 0.273 e. The third kappa shape index (κ3) is 3.10. The molecule has 1 aliphatic rings. The standard InChI is InChI=1S/C22H19F2N3O3/c1-29-13-7-6-12(17(10-13)30-2)11-27-21(14-4-3-5-15(23)19(14)24)18-16(25)8-9-26-20(18)22(27)28/h3-10,21H,11H2,1-2H3,(H2,25,26). The van der Waals surface area contributed by atoms with Gasteiger partial charge in [-0.3, -0.25) is 9.78 Å². The maximum Gasteiger partial charge on any atom is 0.273 e. The summed E-state index contributed by atoms with van der Waals surface area (Å²) in [5, 5.41) is 0. The second-order valence-corrected chi connectivity index (χ2v) is 6.82. The van der Waals surface area contributed by atoms with Gasteiger partial charge in [-0.1, -0.05) is 12.1 Å². The second-order valence-electron chi connectivity index (χ2n) is 6.82. The van der Waals surface area contributed by atoms with E-state index in [9.17, 15) is 13.6 Å². The van der Waals surface area contributed by atoms with Crippen molar-refractivity contribution in [2.75, 3.05) is 20.0 Å². The predicted octanol–water partition coefficient (Wildman–Crippen LogP) is 3.70. The molecule has 6 nitrogen and oxygen atoms in total. The fourth-order valence-electron chi connectivity index (χ4n) is 3.74. The zero-order chi connectivity index (χ0) is 21.4. The lowest BCUT2D eigenvalue weighted by Gasteiger charge is -2.27. The minimum absolute atomic E-state index is 0.00859. The highest BCUT2D eigenvalue weighted by Crippen LogP contribution is 2.43. The van der Waals surface area contributed by atoms with Gasteiger partial charge in [-0.05, 0) is 24.3 Å². The maximum atomic E-state index is 14.7. The van der Waals surface area contributed by atoms with Gasteiger partial charge in [0.1, 0.15) is 17.2 Å². The summed E-state index contributed by atoms with van der Waals surface area (Å²) in [7, 11) is 3.04. The van der Waals surface area contributed by atoms with E-state index in [1.807, 2.05) is 0 Å². The van der Waals surface area contributed by atoms with Crippen LogP contribution in [-0.4, -0.2) is 30.0 Å². The largest absolute Gasteiger partial charge is 0.497 e. The summed E-state index contributed by atoms with van der Waals surface area (Å²) in [4.78, 5) is 18.7. The molecule has 154 valence electrons. The molecule has 2 heterocycles. The zero-order valence-corrected chi connectivity index (χ0v) is 16.4. The van der Waals surface area contributed by atoms with Gasteiger partial charge in [0.2, 0.25) is 0 Å². The minimum Gasteiger partial charge on any atom is -0.497 e. The molecular weight excluding hydrogens is 392 g/mol. The maximum absolute atomic E-state index is 14.7. The lowest BCUT2D eigenvalue weighted by molar-refractivity contribution is 0.0728. The van der Waals surface area contributed by atoms with E-state index in [2.05, 4.69) is 4.98 Å². The van der Waals surface area contributed by atoms with E-state index in [4.69, 9.17) is 15.2 Å².